The zero-order chi connectivity index (χ0) is 13.4. The van der Waals surface area contributed by atoms with Gasteiger partial charge < -0.3 is 10.1 Å². The zero-order valence-electron chi connectivity index (χ0n) is 11.1. The molecule has 18 heavy (non-hydrogen) atoms. The summed E-state index contributed by atoms with van der Waals surface area (Å²) in [5, 5.41) is 3.22. The Labute approximate surface area is 107 Å². The lowest BCUT2D eigenvalue weighted by atomic mass is 10.1. The zero-order valence-corrected chi connectivity index (χ0v) is 11.1. The van der Waals surface area contributed by atoms with Crippen LogP contribution in [0.5, 0.6) is 5.75 Å². The van der Waals surface area contributed by atoms with Crippen LogP contribution in [0.4, 0.5) is 8.78 Å². The van der Waals surface area contributed by atoms with E-state index < -0.39 is 11.6 Å². The molecule has 0 saturated heterocycles. The van der Waals surface area contributed by atoms with Gasteiger partial charge in [-0.1, -0.05) is 13.3 Å². The number of rotatable bonds is 8. The average molecular weight is 257 g/mol. The van der Waals surface area contributed by atoms with Gasteiger partial charge in [-0.3, -0.25) is 0 Å². The predicted molar refractivity (Wildman–Crippen MR) is 69.0 cm³/mol. The van der Waals surface area contributed by atoms with Crippen LogP contribution in [0.3, 0.4) is 0 Å². The lowest BCUT2D eigenvalue weighted by molar-refractivity contribution is 0.405. The molecule has 2 nitrogen and oxygen atoms in total. The second-order valence-corrected chi connectivity index (χ2v) is 4.23. The van der Waals surface area contributed by atoms with Crippen molar-refractivity contribution in [3.05, 3.63) is 29.3 Å². The standard InChI is InChI=1S/C14H21F2NO/c1-3-17-8-6-4-5-7-12-13(15)9-11(18-2)10-14(12)16/h9-10,17H,3-8H2,1-2H3. The van der Waals surface area contributed by atoms with E-state index in [0.717, 1.165) is 32.4 Å². The minimum Gasteiger partial charge on any atom is -0.497 e. The molecule has 0 aliphatic carbocycles. The molecular weight excluding hydrogens is 236 g/mol. The number of nitrogens with one attached hydrogen (secondary N) is 1. The molecule has 0 heterocycles. The van der Waals surface area contributed by atoms with Crippen molar-refractivity contribution in [1.82, 2.24) is 5.32 Å². The van der Waals surface area contributed by atoms with E-state index in [-0.39, 0.29) is 11.3 Å². The van der Waals surface area contributed by atoms with Gasteiger partial charge in [0, 0.05) is 17.7 Å². The van der Waals surface area contributed by atoms with E-state index in [2.05, 4.69) is 12.2 Å². The quantitative estimate of drug-likeness (QED) is 0.721. The molecule has 1 aromatic carbocycles. The smallest absolute Gasteiger partial charge is 0.133 e. The summed E-state index contributed by atoms with van der Waals surface area (Å²) >= 11 is 0. The minimum atomic E-state index is -0.515. The lowest BCUT2D eigenvalue weighted by Gasteiger charge is -2.07. The molecule has 0 aliphatic heterocycles. The molecule has 0 saturated carbocycles. The first-order valence-electron chi connectivity index (χ1n) is 6.41. The van der Waals surface area contributed by atoms with Gasteiger partial charge in [0.15, 0.2) is 0 Å². The molecule has 0 unspecified atom stereocenters. The number of unbranched alkanes of at least 4 members (excludes halogenated alkanes) is 2. The third-order valence-corrected chi connectivity index (χ3v) is 2.88. The van der Waals surface area contributed by atoms with E-state index in [4.69, 9.17) is 4.74 Å². The van der Waals surface area contributed by atoms with Crippen molar-refractivity contribution in [3.8, 4) is 5.75 Å². The van der Waals surface area contributed by atoms with Gasteiger partial charge in [0.25, 0.3) is 0 Å². The number of hydrogen-bond acceptors (Lipinski definition) is 2. The molecule has 0 spiro atoms. The van der Waals surface area contributed by atoms with Gasteiger partial charge in [0.1, 0.15) is 17.4 Å². The predicted octanol–water partition coefficient (Wildman–Crippen LogP) is 3.30. The summed E-state index contributed by atoms with van der Waals surface area (Å²) in [4.78, 5) is 0. The Morgan fingerprint density at radius 2 is 1.78 bits per heavy atom. The maximum absolute atomic E-state index is 13.6. The Morgan fingerprint density at radius 3 is 2.33 bits per heavy atom. The van der Waals surface area contributed by atoms with Crippen LogP contribution in [0.15, 0.2) is 12.1 Å². The first-order valence-corrected chi connectivity index (χ1v) is 6.41. The fourth-order valence-electron chi connectivity index (χ4n) is 1.84. The molecule has 1 rings (SSSR count). The fourth-order valence-corrected chi connectivity index (χ4v) is 1.84. The lowest BCUT2D eigenvalue weighted by Crippen LogP contribution is -2.13. The topological polar surface area (TPSA) is 21.3 Å². The fraction of sp³-hybridized carbons (Fsp3) is 0.571. The van der Waals surface area contributed by atoms with Crippen LogP contribution < -0.4 is 10.1 Å². The molecule has 0 amide bonds. The highest BCUT2D eigenvalue weighted by Crippen LogP contribution is 2.22. The molecule has 0 bridgehead atoms. The molecule has 0 atom stereocenters. The molecule has 0 aliphatic rings. The maximum atomic E-state index is 13.6. The Morgan fingerprint density at radius 1 is 1.11 bits per heavy atom. The van der Waals surface area contributed by atoms with Gasteiger partial charge in [0.2, 0.25) is 0 Å². The van der Waals surface area contributed by atoms with Crippen LogP contribution in [0, 0.1) is 11.6 Å². The van der Waals surface area contributed by atoms with Crippen LogP contribution in [0.2, 0.25) is 0 Å². The van der Waals surface area contributed by atoms with E-state index in [1.807, 2.05) is 0 Å². The molecule has 0 aromatic heterocycles. The van der Waals surface area contributed by atoms with E-state index >= 15 is 0 Å². The number of methoxy groups -OCH3 is 1. The summed E-state index contributed by atoms with van der Waals surface area (Å²) in [7, 11) is 1.40. The molecule has 102 valence electrons. The van der Waals surface area contributed by atoms with Gasteiger partial charge in [-0.05, 0) is 32.4 Å². The van der Waals surface area contributed by atoms with Gasteiger partial charge in [0.05, 0.1) is 7.11 Å². The van der Waals surface area contributed by atoms with Crippen LogP contribution in [0.25, 0.3) is 0 Å². The number of halogens is 2. The van der Waals surface area contributed by atoms with Crippen molar-refractivity contribution in [2.24, 2.45) is 0 Å². The number of hydrogen-bond donors (Lipinski definition) is 1. The van der Waals surface area contributed by atoms with Gasteiger partial charge in [-0.25, -0.2) is 8.78 Å². The van der Waals surface area contributed by atoms with E-state index in [0.29, 0.717) is 6.42 Å². The van der Waals surface area contributed by atoms with E-state index in [9.17, 15) is 8.78 Å². The van der Waals surface area contributed by atoms with Crippen LogP contribution >= 0.6 is 0 Å². The first kappa shape index (κ1) is 14.9. The number of benzene rings is 1. The second kappa shape index (κ2) is 8.03. The highest BCUT2D eigenvalue weighted by molar-refractivity contribution is 5.30. The summed E-state index contributed by atoms with van der Waals surface area (Å²) < 4.78 is 32.0. The Bertz CT molecular complexity index is 346. The molecule has 1 N–H and O–H groups in total. The van der Waals surface area contributed by atoms with Crippen molar-refractivity contribution < 1.29 is 13.5 Å². The molecular formula is C14H21F2NO. The van der Waals surface area contributed by atoms with Crippen molar-refractivity contribution in [1.29, 1.82) is 0 Å². The average Bonchev–Trinajstić information content (AvgIpc) is 2.35. The third-order valence-electron chi connectivity index (χ3n) is 2.88. The van der Waals surface area contributed by atoms with Crippen molar-refractivity contribution >= 4 is 0 Å². The van der Waals surface area contributed by atoms with Gasteiger partial charge >= 0.3 is 0 Å². The molecule has 0 radical (unpaired) electrons. The summed E-state index contributed by atoms with van der Waals surface area (Å²) in [5.74, 6) is -0.807. The van der Waals surface area contributed by atoms with E-state index in [1.165, 1.54) is 19.2 Å². The Kier molecular flexibility index (Phi) is 6.65. The van der Waals surface area contributed by atoms with Gasteiger partial charge in [-0.2, -0.15) is 0 Å². The number of ether oxygens (including phenoxy) is 1. The summed E-state index contributed by atoms with van der Waals surface area (Å²) in [6.45, 7) is 3.98. The van der Waals surface area contributed by atoms with E-state index in [1.54, 1.807) is 0 Å². The summed E-state index contributed by atoms with van der Waals surface area (Å²) in [5.41, 5.74) is 0.166. The second-order valence-electron chi connectivity index (χ2n) is 4.23. The maximum Gasteiger partial charge on any atom is 0.133 e. The van der Waals surface area contributed by atoms with Crippen molar-refractivity contribution in [2.45, 2.75) is 32.6 Å². The minimum absolute atomic E-state index is 0.166. The summed E-state index contributed by atoms with van der Waals surface area (Å²) in [6, 6.07) is 2.47. The SMILES string of the molecule is CCNCCCCCc1c(F)cc(OC)cc1F. The third kappa shape index (κ3) is 4.61. The molecule has 4 heteroatoms. The van der Waals surface area contributed by atoms with Crippen molar-refractivity contribution in [3.63, 3.8) is 0 Å². The highest BCUT2D eigenvalue weighted by atomic mass is 19.1. The molecule has 0 fully saturated rings. The van der Waals surface area contributed by atoms with Crippen molar-refractivity contribution in [2.75, 3.05) is 20.2 Å². The molecule has 1 aromatic rings. The Balaban J connectivity index is 2.42. The van der Waals surface area contributed by atoms with Gasteiger partial charge in [-0.15, -0.1) is 0 Å². The highest BCUT2D eigenvalue weighted by Gasteiger charge is 2.11. The largest absolute Gasteiger partial charge is 0.497 e. The Hall–Kier alpha value is -1.16. The summed E-state index contributed by atoms with van der Waals surface area (Å²) in [6.07, 6.45) is 3.24. The van der Waals surface area contributed by atoms with Crippen LogP contribution in [0.1, 0.15) is 31.7 Å². The monoisotopic (exact) mass is 257 g/mol. The first-order chi connectivity index (χ1) is 8.69. The normalized spacial score (nSPS) is 10.7. The van der Waals surface area contributed by atoms with Crippen LogP contribution in [-0.2, 0) is 6.42 Å². The van der Waals surface area contributed by atoms with Crippen LogP contribution in [-0.4, -0.2) is 20.2 Å².